The summed E-state index contributed by atoms with van der Waals surface area (Å²) >= 11 is 0. The van der Waals surface area contributed by atoms with E-state index in [2.05, 4.69) is 4.74 Å². The second-order valence-corrected chi connectivity index (χ2v) is 4.99. The number of alkyl halides is 3. The van der Waals surface area contributed by atoms with Crippen molar-refractivity contribution in [2.75, 3.05) is 0 Å². The standard InChI is InChI=1S/C15H12F3NO2/c16-15(17,18)21-13-6-4-12(5-7-13)19-9-11(10-1-2-10)3-8-14(19)20/h3-10H,1-2H2. The molecule has 2 aromatic rings. The Hall–Kier alpha value is -2.24. The Morgan fingerprint density at radius 2 is 1.71 bits per heavy atom. The van der Waals surface area contributed by atoms with Gasteiger partial charge in [-0.25, -0.2) is 0 Å². The van der Waals surface area contributed by atoms with Gasteiger partial charge in [-0.05, 0) is 48.6 Å². The van der Waals surface area contributed by atoms with Crippen molar-refractivity contribution >= 4 is 0 Å². The third kappa shape index (κ3) is 3.26. The molecule has 0 aliphatic heterocycles. The molecule has 0 unspecified atom stereocenters. The topological polar surface area (TPSA) is 31.2 Å². The van der Waals surface area contributed by atoms with Crippen molar-refractivity contribution in [3.8, 4) is 11.4 Å². The zero-order valence-electron chi connectivity index (χ0n) is 10.9. The summed E-state index contributed by atoms with van der Waals surface area (Å²) in [5, 5.41) is 0. The van der Waals surface area contributed by atoms with Crippen LogP contribution in [0.15, 0.2) is 47.4 Å². The number of nitrogens with zero attached hydrogens (tertiary/aromatic N) is 1. The van der Waals surface area contributed by atoms with Gasteiger partial charge in [0.25, 0.3) is 5.56 Å². The van der Waals surface area contributed by atoms with Crippen LogP contribution >= 0.6 is 0 Å². The van der Waals surface area contributed by atoms with Gasteiger partial charge in [-0.3, -0.25) is 9.36 Å². The van der Waals surface area contributed by atoms with E-state index >= 15 is 0 Å². The molecule has 0 atom stereocenters. The van der Waals surface area contributed by atoms with Gasteiger partial charge in [-0.2, -0.15) is 0 Å². The molecule has 3 nitrogen and oxygen atoms in total. The van der Waals surface area contributed by atoms with E-state index in [0.717, 1.165) is 18.4 Å². The maximum atomic E-state index is 12.1. The number of ether oxygens (including phenoxy) is 1. The average molecular weight is 295 g/mol. The highest BCUT2D eigenvalue weighted by Crippen LogP contribution is 2.39. The first kappa shape index (κ1) is 13.7. The van der Waals surface area contributed by atoms with Crippen molar-refractivity contribution < 1.29 is 17.9 Å². The van der Waals surface area contributed by atoms with Gasteiger partial charge in [0.2, 0.25) is 0 Å². The van der Waals surface area contributed by atoms with Crippen molar-refractivity contribution in [2.24, 2.45) is 0 Å². The van der Waals surface area contributed by atoms with Crippen molar-refractivity contribution in [3.05, 3.63) is 58.5 Å². The summed E-state index contributed by atoms with van der Waals surface area (Å²) in [6, 6.07) is 8.53. The summed E-state index contributed by atoms with van der Waals surface area (Å²) in [7, 11) is 0. The fraction of sp³-hybridized carbons (Fsp3) is 0.267. The molecule has 0 bridgehead atoms. The summed E-state index contributed by atoms with van der Waals surface area (Å²) < 4.78 is 41.5. The van der Waals surface area contributed by atoms with Gasteiger partial charge < -0.3 is 4.74 Å². The van der Waals surface area contributed by atoms with Gasteiger partial charge in [-0.1, -0.05) is 6.07 Å². The van der Waals surface area contributed by atoms with Crippen LogP contribution in [0.25, 0.3) is 5.69 Å². The Morgan fingerprint density at radius 1 is 1.05 bits per heavy atom. The molecule has 1 aliphatic rings. The molecule has 1 aromatic heterocycles. The first-order valence-electron chi connectivity index (χ1n) is 6.51. The van der Waals surface area contributed by atoms with E-state index in [9.17, 15) is 18.0 Å². The molecule has 0 radical (unpaired) electrons. The van der Waals surface area contributed by atoms with Crippen LogP contribution in [-0.2, 0) is 0 Å². The third-order valence-electron chi connectivity index (χ3n) is 3.33. The van der Waals surface area contributed by atoms with Crippen molar-refractivity contribution in [2.45, 2.75) is 25.1 Å². The van der Waals surface area contributed by atoms with Crippen molar-refractivity contribution in [1.82, 2.24) is 4.57 Å². The molecule has 3 rings (SSSR count). The lowest BCUT2D eigenvalue weighted by atomic mass is 10.2. The Morgan fingerprint density at radius 3 is 2.29 bits per heavy atom. The number of aromatic nitrogens is 1. The molecule has 21 heavy (non-hydrogen) atoms. The molecule has 0 spiro atoms. The lowest BCUT2D eigenvalue weighted by Crippen LogP contribution is -2.18. The normalized spacial score (nSPS) is 15.0. The summed E-state index contributed by atoms with van der Waals surface area (Å²) in [6.45, 7) is 0. The zero-order chi connectivity index (χ0) is 15.0. The van der Waals surface area contributed by atoms with E-state index in [1.165, 1.54) is 34.9 Å². The van der Waals surface area contributed by atoms with Gasteiger partial charge in [0.15, 0.2) is 0 Å². The fourth-order valence-corrected chi connectivity index (χ4v) is 2.17. The van der Waals surface area contributed by atoms with Gasteiger partial charge in [0, 0.05) is 18.0 Å². The van der Waals surface area contributed by atoms with Crippen LogP contribution in [0.1, 0.15) is 24.3 Å². The highest BCUT2D eigenvalue weighted by Gasteiger charge is 2.31. The van der Waals surface area contributed by atoms with Crippen LogP contribution in [-0.4, -0.2) is 10.9 Å². The molecular formula is C15H12F3NO2. The minimum atomic E-state index is -4.72. The third-order valence-corrected chi connectivity index (χ3v) is 3.33. The molecule has 110 valence electrons. The molecule has 0 saturated heterocycles. The quantitative estimate of drug-likeness (QED) is 0.866. The van der Waals surface area contributed by atoms with Crippen LogP contribution in [0.3, 0.4) is 0 Å². The van der Waals surface area contributed by atoms with Gasteiger partial charge in [-0.15, -0.1) is 13.2 Å². The largest absolute Gasteiger partial charge is 0.573 e. The van der Waals surface area contributed by atoms with Gasteiger partial charge in [0.05, 0.1) is 0 Å². The molecule has 0 N–H and O–H groups in total. The molecule has 1 aliphatic carbocycles. The Kier molecular flexibility index (Phi) is 3.23. The number of halogens is 3. The smallest absolute Gasteiger partial charge is 0.406 e. The number of hydrogen-bond donors (Lipinski definition) is 0. The van der Waals surface area contributed by atoms with Crippen LogP contribution in [0.5, 0.6) is 5.75 Å². The first-order chi connectivity index (χ1) is 9.92. The van der Waals surface area contributed by atoms with E-state index in [1.807, 2.05) is 0 Å². The summed E-state index contributed by atoms with van der Waals surface area (Å²) in [5.74, 6) is 0.183. The Bertz CT molecular complexity index is 700. The number of pyridine rings is 1. The van der Waals surface area contributed by atoms with E-state index in [-0.39, 0.29) is 11.3 Å². The summed E-state index contributed by atoms with van der Waals surface area (Å²) in [5.41, 5.74) is 1.37. The van der Waals surface area contributed by atoms with Crippen molar-refractivity contribution in [1.29, 1.82) is 0 Å². The SMILES string of the molecule is O=c1ccc(C2CC2)cn1-c1ccc(OC(F)(F)F)cc1. The maximum absolute atomic E-state index is 12.1. The first-order valence-corrected chi connectivity index (χ1v) is 6.51. The average Bonchev–Trinajstić information content (AvgIpc) is 3.23. The predicted molar refractivity (Wildman–Crippen MR) is 70.7 cm³/mol. The summed E-state index contributed by atoms with van der Waals surface area (Å²) in [6.07, 6.45) is -0.753. The molecular weight excluding hydrogens is 283 g/mol. The Balaban J connectivity index is 1.90. The molecule has 1 aromatic carbocycles. The maximum Gasteiger partial charge on any atom is 0.573 e. The van der Waals surface area contributed by atoms with E-state index in [1.54, 1.807) is 12.3 Å². The van der Waals surface area contributed by atoms with E-state index < -0.39 is 6.36 Å². The van der Waals surface area contributed by atoms with Gasteiger partial charge in [0.1, 0.15) is 5.75 Å². The number of benzene rings is 1. The molecule has 6 heteroatoms. The molecule has 1 heterocycles. The zero-order valence-corrected chi connectivity index (χ0v) is 10.9. The lowest BCUT2D eigenvalue weighted by Gasteiger charge is -2.11. The molecule has 1 saturated carbocycles. The van der Waals surface area contributed by atoms with Crippen LogP contribution in [0.2, 0.25) is 0 Å². The second kappa shape index (κ2) is 4.95. The fourth-order valence-electron chi connectivity index (χ4n) is 2.17. The molecule has 1 fully saturated rings. The van der Waals surface area contributed by atoms with Crippen molar-refractivity contribution in [3.63, 3.8) is 0 Å². The van der Waals surface area contributed by atoms with Crippen LogP contribution in [0, 0.1) is 0 Å². The summed E-state index contributed by atoms with van der Waals surface area (Å²) in [4.78, 5) is 11.9. The highest BCUT2D eigenvalue weighted by molar-refractivity contribution is 5.39. The number of rotatable bonds is 3. The van der Waals surface area contributed by atoms with Crippen LogP contribution in [0.4, 0.5) is 13.2 Å². The predicted octanol–water partition coefficient (Wildman–Crippen LogP) is 3.61. The minimum Gasteiger partial charge on any atom is -0.406 e. The van der Waals surface area contributed by atoms with Crippen LogP contribution < -0.4 is 10.3 Å². The monoisotopic (exact) mass is 295 g/mol. The highest BCUT2D eigenvalue weighted by atomic mass is 19.4. The van der Waals surface area contributed by atoms with Gasteiger partial charge >= 0.3 is 6.36 Å². The minimum absolute atomic E-state index is 0.219. The second-order valence-electron chi connectivity index (χ2n) is 4.99. The lowest BCUT2D eigenvalue weighted by molar-refractivity contribution is -0.274. The van der Waals surface area contributed by atoms with E-state index in [4.69, 9.17) is 0 Å². The number of hydrogen-bond acceptors (Lipinski definition) is 2. The Labute approximate surface area is 118 Å². The molecule has 0 amide bonds. The van der Waals surface area contributed by atoms with E-state index in [0.29, 0.717) is 11.6 Å².